The molecule has 16 rings (SSSR count). The molecular weight excluding hydrogens is 1210 g/mol. The van der Waals surface area contributed by atoms with E-state index in [1.54, 1.807) is 0 Å². The van der Waals surface area contributed by atoms with Crippen molar-refractivity contribution in [3.63, 3.8) is 0 Å². The highest BCUT2D eigenvalue weighted by Gasteiger charge is 2.23. The van der Waals surface area contributed by atoms with Gasteiger partial charge in [-0.25, -0.2) is 0 Å². The van der Waals surface area contributed by atoms with Crippen LogP contribution in [0.4, 0.5) is 0 Å². The summed E-state index contributed by atoms with van der Waals surface area (Å²) < 4.78 is 0. The molecule has 0 N–H and O–H groups in total. The summed E-state index contributed by atoms with van der Waals surface area (Å²) in [6, 6.07) is 129. The van der Waals surface area contributed by atoms with Crippen LogP contribution in [0.25, 0.3) is 167 Å². The third kappa shape index (κ3) is 12.9. The Morgan fingerprint density at radius 1 is 0.160 bits per heavy atom. The maximum atomic E-state index is 5.25. The molecule has 100 heavy (non-hydrogen) atoms. The third-order valence-corrected chi connectivity index (χ3v) is 19.5. The number of benzene rings is 14. The van der Waals surface area contributed by atoms with E-state index in [9.17, 15) is 0 Å². The molecule has 0 atom stereocenters. The van der Waals surface area contributed by atoms with E-state index >= 15 is 0 Å². The second kappa shape index (κ2) is 27.5. The predicted molar refractivity (Wildman–Crippen MR) is 423 cm³/mol. The summed E-state index contributed by atoms with van der Waals surface area (Å²) in [5, 5.41) is 0. The molecule has 16 aromatic rings. The van der Waals surface area contributed by atoms with Gasteiger partial charge in [0.1, 0.15) is 0 Å². The largest absolute Gasteiger partial charge is 0.256 e. The molecule has 0 unspecified atom stereocenters. The van der Waals surface area contributed by atoms with Crippen LogP contribution >= 0.6 is 0 Å². The van der Waals surface area contributed by atoms with Crippen molar-refractivity contribution in [2.45, 2.75) is 27.7 Å². The van der Waals surface area contributed by atoms with Gasteiger partial charge in [-0.15, -0.1) is 0 Å². The van der Waals surface area contributed by atoms with E-state index in [1.807, 2.05) is 12.4 Å². The highest BCUT2D eigenvalue weighted by atomic mass is 14.7. The van der Waals surface area contributed by atoms with Crippen LogP contribution in [0.2, 0.25) is 0 Å². The quantitative estimate of drug-likeness (QED) is 0.102. The average molecular weight is 1280 g/mol. The first-order valence-electron chi connectivity index (χ1n) is 34.5. The zero-order valence-corrected chi connectivity index (χ0v) is 56.5. The summed E-state index contributed by atoms with van der Waals surface area (Å²) in [4.78, 5) is 10.5. The fraction of sp³-hybridized carbons (Fsp3) is 0.0408. The maximum absolute atomic E-state index is 5.25. The average Bonchev–Trinajstić information content (AvgIpc) is 0.753. The van der Waals surface area contributed by atoms with Crippen LogP contribution in [-0.2, 0) is 0 Å². The first-order chi connectivity index (χ1) is 49.2. The summed E-state index contributed by atoms with van der Waals surface area (Å²) in [6.45, 7) is 8.84. The fourth-order valence-electron chi connectivity index (χ4n) is 14.6. The Kier molecular flexibility index (Phi) is 17.1. The summed E-state index contributed by atoms with van der Waals surface area (Å²) in [5.41, 5.74) is 38.3. The number of rotatable bonds is 15. The zero-order chi connectivity index (χ0) is 67.5. The van der Waals surface area contributed by atoms with E-state index in [1.165, 1.54) is 66.8 Å². The van der Waals surface area contributed by atoms with Crippen LogP contribution in [-0.4, -0.2) is 9.97 Å². The van der Waals surface area contributed by atoms with Gasteiger partial charge in [-0.3, -0.25) is 9.97 Å². The second-order valence-electron chi connectivity index (χ2n) is 26.4. The molecule has 0 fully saturated rings. The Hall–Kier alpha value is -12.6. The first-order valence-corrected chi connectivity index (χ1v) is 34.5. The smallest absolute Gasteiger partial charge is 0.0705 e. The topological polar surface area (TPSA) is 25.8 Å². The Morgan fingerprint density at radius 2 is 0.450 bits per heavy atom. The lowest BCUT2D eigenvalue weighted by atomic mass is 9.81. The highest BCUT2D eigenvalue weighted by Crippen LogP contribution is 2.49. The van der Waals surface area contributed by atoms with Crippen LogP contribution in [0, 0.1) is 27.7 Å². The number of aryl methyl sites for hydroxylation is 4. The lowest BCUT2D eigenvalue weighted by molar-refractivity contribution is 1.29. The van der Waals surface area contributed by atoms with E-state index in [4.69, 9.17) is 9.97 Å². The molecule has 2 heteroatoms. The van der Waals surface area contributed by atoms with Gasteiger partial charge in [-0.2, -0.15) is 0 Å². The molecule has 0 radical (unpaired) electrons. The molecule has 0 saturated carbocycles. The molecule has 2 nitrogen and oxygen atoms in total. The van der Waals surface area contributed by atoms with Crippen molar-refractivity contribution >= 4 is 0 Å². The lowest BCUT2D eigenvalue weighted by Gasteiger charge is -2.22. The monoisotopic (exact) mass is 1280 g/mol. The number of pyridine rings is 2. The van der Waals surface area contributed by atoms with Crippen molar-refractivity contribution in [1.82, 2.24) is 9.97 Å². The van der Waals surface area contributed by atoms with Gasteiger partial charge in [0.25, 0.3) is 0 Å². The number of hydrogen-bond donors (Lipinski definition) is 0. The molecule has 0 spiro atoms. The van der Waals surface area contributed by atoms with Crippen molar-refractivity contribution < 1.29 is 0 Å². The van der Waals surface area contributed by atoms with Crippen LogP contribution in [0.1, 0.15) is 22.3 Å². The number of nitrogens with zero attached hydrogens (tertiary/aromatic N) is 2. The molecule has 474 valence electrons. The number of hydrogen-bond acceptors (Lipinski definition) is 2. The molecule has 0 aliphatic heterocycles. The minimum Gasteiger partial charge on any atom is -0.256 e. The minimum absolute atomic E-state index is 0.918. The predicted octanol–water partition coefficient (Wildman–Crippen LogP) is 26.7. The van der Waals surface area contributed by atoms with Crippen molar-refractivity contribution in [3.8, 4) is 167 Å². The van der Waals surface area contributed by atoms with Crippen LogP contribution < -0.4 is 0 Å². The third-order valence-electron chi connectivity index (χ3n) is 19.5. The van der Waals surface area contributed by atoms with Gasteiger partial charge in [0.2, 0.25) is 0 Å². The molecule has 2 heterocycles. The molecule has 0 saturated heterocycles. The molecule has 0 bridgehead atoms. The zero-order valence-electron chi connectivity index (χ0n) is 56.5. The van der Waals surface area contributed by atoms with Crippen molar-refractivity contribution in [1.29, 1.82) is 0 Å². The van der Waals surface area contributed by atoms with E-state index in [2.05, 4.69) is 380 Å². The molecule has 14 aromatic carbocycles. The molecule has 0 aliphatic carbocycles. The van der Waals surface area contributed by atoms with E-state index in [-0.39, 0.29) is 0 Å². The molecule has 2 aromatic heterocycles. The lowest BCUT2D eigenvalue weighted by Crippen LogP contribution is -1.97. The van der Waals surface area contributed by atoms with E-state index in [0.717, 1.165) is 123 Å². The Labute approximate surface area is 587 Å². The van der Waals surface area contributed by atoms with Crippen LogP contribution in [0.3, 0.4) is 0 Å². The number of aromatic nitrogens is 2. The Bertz CT molecular complexity index is 5200. The fourth-order valence-corrected chi connectivity index (χ4v) is 14.6. The SMILES string of the molecule is Cc1cc(C)cc(-c2c(-c3ccc(-c4cc(C)c(-c5ccccc5)cn4)cc3-c3cccc(-c4cc(-c5ccccc5)cc(-c5ccccc5)c4)c3)cccc2-c2ccc(-c3cc(C)c(-c4ccccc4)cn3)cc2-c2cccc(-c3cc(-c4ccccc4)cc(-c4ccccc4)c3)c2)c1. The van der Waals surface area contributed by atoms with E-state index < -0.39 is 0 Å². The molecular formula is C98H72N2. The second-order valence-corrected chi connectivity index (χ2v) is 26.4. The van der Waals surface area contributed by atoms with Crippen molar-refractivity contribution in [2.75, 3.05) is 0 Å². The van der Waals surface area contributed by atoms with Gasteiger partial charge in [-0.1, -0.05) is 290 Å². The molecule has 0 aliphatic rings. The first kappa shape index (κ1) is 62.2. The van der Waals surface area contributed by atoms with Crippen molar-refractivity contribution in [3.05, 3.63) is 386 Å². The highest BCUT2D eigenvalue weighted by molar-refractivity contribution is 6.03. The van der Waals surface area contributed by atoms with Crippen LogP contribution in [0.5, 0.6) is 0 Å². The Balaban J connectivity index is 0.916. The van der Waals surface area contributed by atoms with Gasteiger partial charge >= 0.3 is 0 Å². The van der Waals surface area contributed by atoms with Gasteiger partial charge < -0.3 is 0 Å². The van der Waals surface area contributed by atoms with Crippen LogP contribution in [0.15, 0.2) is 364 Å². The van der Waals surface area contributed by atoms with Gasteiger partial charge in [-0.05, 0) is 245 Å². The van der Waals surface area contributed by atoms with Gasteiger partial charge in [0.05, 0.1) is 11.4 Å². The summed E-state index contributed by atoms with van der Waals surface area (Å²) >= 11 is 0. The molecule has 0 amide bonds. The Morgan fingerprint density at radius 3 is 0.790 bits per heavy atom. The maximum Gasteiger partial charge on any atom is 0.0705 e. The standard InChI is InChI=1S/C98H72N2/c1-65-48-66(2)50-87(49-65)98-90(88-46-44-79(96-51-67(3)94(63-99-96)73-34-19-9-20-35-73)61-92(88)77-40-23-38-75(53-77)85-57-81(69-26-11-5-12-27-69)55-82(58-85)70-28-13-6-14-29-70)42-25-43-91(98)89-47-45-80(97-52-68(4)95(64-100-97)74-36-21-10-22-37-74)62-93(89)78-41-24-39-76(54-78)86-59-83(71-30-15-7-16-31-71)56-84(60-86)72-32-17-8-18-33-72/h5-64H,1-4H3. The minimum atomic E-state index is 0.918. The van der Waals surface area contributed by atoms with E-state index in [0.29, 0.717) is 0 Å². The summed E-state index contributed by atoms with van der Waals surface area (Å²) in [5.74, 6) is 0. The normalized spacial score (nSPS) is 11.2. The van der Waals surface area contributed by atoms with Gasteiger partial charge in [0, 0.05) is 34.6 Å². The summed E-state index contributed by atoms with van der Waals surface area (Å²) in [7, 11) is 0. The van der Waals surface area contributed by atoms with Gasteiger partial charge in [0.15, 0.2) is 0 Å². The van der Waals surface area contributed by atoms with Crippen molar-refractivity contribution in [2.24, 2.45) is 0 Å². The summed E-state index contributed by atoms with van der Waals surface area (Å²) in [6.07, 6.45) is 4.08.